The molecule has 210 valence electrons. The van der Waals surface area contributed by atoms with Crippen molar-refractivity contribution in [3.05, 3.63) is 69.7 Å². The van der Waals surface area contributed by atoms with Crippen molar-refractivity contribution >= 4 is 35.5 Å². The smallest absolute Gasteiger partial charge is 0.303 e. The predicted molar refractivity (Wildman–Crippen MR) is 138 cm³/mol. The first-order chi connectivity index (χ1) is 18.3. The fourth-order valence-electron chi connectivity index (χ4n) is 4.37. The van der Waals surface area contributed by atoms with E-state index in [1.165, 1.54) is 6.07 Å². The molecule has 10 nitrogen and oxygen atoms in total. The number of aryl methyl sites for hydroxylation is 1. The van der Waals surface area contributed by atoms with E-state index in [1.54, 1.807) is 12.1 Å². The summed E-state index contributed by atoms with van der Waals surface area (Å²) in [5, 5.41) is 12.4. The van der Waals surface area contributed by atoms with Crippen LogP contribution in [0.25, 0.3) is 0 Å². The Bertz CT molecular complexity index is 1230. The van der Waals surface area contributed by atoms with Gasteiger partial charge in [-0.15, -0.1) is 0 Å². The lowest BCUT2D eigenvalue weighted by atomic mass is 9.86. The van der Waals surface area contributed by atoms with Gasteiger partial charge >= 0.3 is 23.9 Å². The number of aliphatic hydroxyl groups is 1. The van der Waals surface area contributed by atoms with Gasteiger partial charge in [0.05, 0.1) is 0 Å². The van der Waals surface area contributed by atoms with Gasteiger partial charge in [-0.1, -0.05) is 47.5 Å². The van der Waals surface area contributed by atoms with E-state index in [4.69, 9.17) is 35.3 Å². The molecule has 2 aromatic rings. The van der Waals surface area contributed by atoms with Gasteiger partial charge in [-0.3, -0.25) is 19.2 Å². The Morgan fingerprint density at radius 1 is 0.872 bits per heavy atom. The van der Waals surface area contributed by atoms with Crippen molar-refractivity contribution in [2.24, 2.45) is 0 Å². The Balaban J connectivity index is 2.14. The molecule has 1 heterocycles. The zero-order valence-electron chi connectivity index (χ0n) is 22.3. The Hall–Kier alpha value is -3.47. The minimum Gasteiger partial charge on any atom is -0.463 e. The van der Waals surface area contributed by atoms with Crippen LogP contribution in [-0.4, -0.2) is 60.0 Å². The lowest BCUT2D eigenvalue weighted by Gasteiger charge is -2.48. The monoisotopic (exact) mass is 562 g/mol. The van der Waals surface area contributed by atoms with Gasteiger partial charge < -0.3 is 28.8 Å². The van der Waals surface area contributed by atoms with E-state index in [1.807, 2.05) is 31.2 Å². The van der Waals surface area contributed by atoms with Crippen molar-refractivity contribution < 1.29 is 48.0 Å². The highest BCUT2D eigenvalue weighted by molar-refractivity contribution is 6.31. The number of carbonyl (C=O) groups excluding carboxylic acids is 4. The summed E-state index contributed by atoms with van der Waals surface area (Å²) < 4.78 is 27.3. The van der Waals surface area contributed by atoms with Crippen LogP contribution >= 0.6 is 11.6 Å². The van der Waals surface area contributed by atoms with E-state index < -0.39 is 60.7 Å². The normalized spacial score (nSPS) is 24.4. The molecule has 39 heavy (non-hydrogen) atoms. The van der Waals surface area contributed by atoms with Crippen LogP contribution in [0.5, 0.6) is 0 Å². The summed E-state index contributed by atoms with van der Waals surface area (Å²) in [5.41, 5.74) is 2.78. The summed E-state index contributed by atoms with van der Waals surface area (Å²) >= 11 is 6.48. The lowest BCUT2D eigenvalue weighted by Crippen LogP contribution is -2.66. The van der Waals surface area contributed by atoms with Gasteiger partial charge in [-0.2, -0.15) is 0 Å². The number of esters is 4. The van der Waals surface area contributed by atoms with Crippen molar-refractivity contribution in [2.75, 3.05) is 6.61 Å². The first kappa shape index (κ1) is 30.1. The van der Waals surface area contributed by atoms with Crippen molar-refractivity contribution in [3.63, 3.8) is 0 Å². The van der Waals surface area contributed by atoms with E-state index in [0.29, 0.717) is 17.0 Å². The Kier molecular flexibility index (Phi) is 9.71. The zero-order valence-corrected chi connectivity index (χ0v) is 23.0. The molecule has 0 aromatic heterocycles. The molecule has 0 saturated carbocycles. The maximum Gasteiger partial charge on any atom is 0.303 e. The standard InChI is InChI=1S/C28H31ClO10/c1-15-6-8-20(9-7-15)12-21-13-22(10-11-23(21)29)28(34)27(38-19(5)33)26(37-18(4)32)25(36-17(3)31)24(39-28)14-35-16(2)30/h6-11,13,24-27,34H,12,14H2,1-5H3/t24-,25-,26+,27-,28-/m1/s1. The van der Waals surface area contributed by atoms with E-state index in [9.17, 15) is 24.3 Å². The molecule has 0 unspecified atom stereocenters. The van der Waals surface area contributed by atoms with Crippen molar-refractivity contribution in [3.8, 4) is 0 Å². The summed E-state index contributed by atoms with van der Waals surface area (Å²) in [7, 11) is 0. The SMILES string of the molecule is CC(=O)OC[C@H]1O[C@](O)(c2ccc(Cl)c(Cc3ccc(C)cc3)c2)[C@H](OC(C)=O)[C@@H](OC(C)=O)[C@@H]1OC(C)=O. The molecule has 0 radical (unpaired) electrons. The van der Waals surface area contributed by atoms with Crippen LogP contribution in [0.15, 0.2) is 42.5 Å². The highest BCUT2D eigenvalue weighted by atomic mass is 35.5. The summed E-state index contributed by atoms with van der Waals surface area (Å²) in [6, 6.07) is 12.4. The van der Waals surface area contributed by atoms with Crippen LogP contribution < -0.4 is 0 Å². The molecule has 1 aliphatic heterocycles. The largest absolute Gasteiger partial charge is 0.463 e. The molecule has 1 saturated heterocycles. The maximum absolute atomic E-state index is 12.1. The quantitative estimate of drug-likeness (QED) is 0.377. The first-order valence-corrected chi connectivity index (χ1v) is 12.6. The molecular weight excluding hydrogens is 532 g/mol. The Labute approximate surface area is 231 Å². The molecule has 1 aliphatic rings. The van der Waals surface area contributed by atoms with Crippen LogP contribution in [-0.2, 0) is 55.1 Å². The average molecular weight is 563 g/mol. The van der Waals surface area contributed by atoms with Gasteiger partial charge in [0.25, 0.3) is 0 Å². The van der Waals surface area contributed by atoms with Gasteiger partial charge in [0.15, 0.2) is 12.2 Å². The van der Waals surface area contributed by atoms with Crippen molar-refractivity contribution in [1.29, 1.82) is 0 Å². The van der Waals surface area contributed by atoms with Gasteiger partial charge in [0.2, 0.25) is 11.9 Å². The molecular formula is C28H31ClO10. The number of carbonyl (C=O) groups is 4. The molecule has 11 heteroatoms. The predicted octanol–water partition coefficient (Wildman–Crippen LogP) is 3.14. The maximum atomic E-state index is 12.1. The number of ether oxygens (including phenoxy) is 5. The second kappa shape index (κ2) is 12.6. The van der Waals surface area contributed by atoms with E-state index in [0.717, 1.165) is 38.8 Å². The number of rotatable bonds is 8. The van der Waals surface area contributed by atoms with Crippen LogP contribution in [0.1, 0.15) is 49.9 Å². The second-order valence-electron chi connectivity index (χ2n) is 9.30. The third kappa shape index (κ3) is 7.56. The number of hydrogen-bond donors (Lipinski definition) is 1. The number of benzene rings is 2. The molecule has 3 rings (SSSR count). The van der Waals surface area contributed by atoms with E-state index in [-0.39, 0.29) is 5.56 Å². The van der Waals surface area contributed by atoms with Crippen LogP contribution in [0.3, 0.4) is 0 Å². The van der Waals surface area contributed by atoms with Gasteiger partial charge in [-0.25, -0.2) is 0 Å². The number of hydrogen-bond acceptors (Lipinski definition) is 10. The molecule has 0 spiro atoms. The molecule has 0 amide bonds. The van der Waals surface area contributed by atoms with Crippen molar-refractivity contribution in [1.82, 2.24) is 0 Å². The fraction of sp³-hybridized carbons (Fsp3) is 0.429. The van der Waals surface area contributed by atoms with Crippen LogP contribution in [0, 0.1) is 6.92 Å². The highest BCUT2D eigenvalue weighted by Crippen LogP contribution is 2.42. The summed E-state index contributed by atoms with van der Waals surface area (Å²) in [6.07, 6.45) is -5.50. The molecule has 1 N–H and O–H groups in total. The minimum absolute atomic E-state index is 0.117. The van der Waals surface area contributed by atoms with Gasteiger partial charge in [-0.05, 0) is 36.6 Å². The molecule has 1 fully saturated rings. The summed E-state index contributed by atoms with van der Waals surface area (Å²) in [6.45, 7) is 5.99. The lowest BCUT2D eigenvalue weighted by molar-refractivity contribution is -0.360. The zero-order chi connectivity index (χ0) is 28.9. The Morgan fingerprint density at radius 2 is 1.46 bits per heavy atom. The van der Waals surface area contributed by atoms with Crippen molar-refractivity contribution in [2.45, 2.75) is 71.2 Å². The third-order valence-corrected chi connectivity index (χ3v) is 6.40. The molecule has 5 atom stereocenters. The average Bonchev–Trinajstić information content (AvgIpc) is 2.84. The number of halogens is 1. The third-order valence-electron chi connectivity index (χ3n) is 6.03. The van der Waals surface area contributed by atoms with E-state index in [2.05, 4.69) is 0 Å². The highest BCUT2D eigenvalue weighted by Gasteiger charge is 2.60. The fourth-order valence-corrected chi connectivity index (χ4v) is 4.56. The second-order valence-corrected chi connectivity index (χ2v) is 9.71. The molecule has 2 aromatic carbocycles. The van der Waals surface area contributed by atoms with Crippen LogP contribution in [0.4, 0.5) is 0 Å². The summed E-state index contributed by atoms with van der Waals surface area (Å²) in [4.78, 5) is 47.8. The topological polar surface area (TPSA) is 135 Å². The minimum atomic E-state index is -2.43. The van der Waals surface area contributed by atoms with Gasteiger partial charge in [0.1, 0.15) is 12.7 Å². The first-order valence-electron chi connectivity index (χ1n) is 12.2. The molecule has 0 bridgehead atoms. The van der Waals surface area contributed by atoms with E-state index >= 15 is 0 Å². The Morgan fingerprint density at radius 3 is 2.03 bits per heavy atom. The van der Waals surface area contributed by atoms with Crippen LogP contribution in [0.2, 0.25) is 5.02 Å². The molecule has 0 aliphatic carbocycles. The summed E-state index contributed by atoms with van der Waals surface area (Å²) in [5.74, 6) is -5.50. The van der Waals surface area contributed by atoms with Gasteiger partial charge in [0, 0.05) is 38.3 Å².